The average molecular weight is 368 g/mol. The van der Waals surface area contributed by atoms with E-state index in [1.165, 1.54) is 10.4 Å². The number of hydrogen-bond acceptors (Lipinski definition) is 3. The number of rotatable bonds is 6. The lowest BCUT2D eigenvalue weighted by atomic mass is 10.2. The van der Waals surface area contributed by atoms with Crippen LogP contribution in [0.4, 0.5) is 0 Å². The van der Waals surface area contributed by atoms with Crippen LogP contribution in [-0.2, 0) is 11.2 Å². The highest BCUT2D eigenvalue weighted by Crippen LogP contribution is 2.22. The Morgan fingerprint density at radius 1 is 1.29 bits per heavy atom. The van der Waals surface area contributed by atoms with Crippen LogP contribution in [0.3, 0.4) is 0 Å². The monoisotopic (exact) mass is 367 g/mol. The van der Waals surface area contributed by atoms with Gasteiger partial charge in [0.25, 0.3) is 5.91 Å². The molecule has 1 heterocycles. The average Bonchev–Trinajstić information content (AvgIpc) is 2.87. The van der Waals surface area contributed by atoms with Crippen LogP contribution in [-0.4, -0.2) is 18.6 Å². The summed E-state index contributed by atoms with van der Waals surface area (Å²) in [7, 11) is 0. The van der Waals surface area contributed by atoms with Gasteiger partial charge in [0.05, 0.1) is 3.79 Å². The number of benzene rings is 1. The molecule has 1 N–H and O–H groups in total. The van der Waals surface area contributed by atoms with Crippen LogP contribution in [0.25, 0.3) is 0 Å². The van der Waals surface area contributed by atoms with Gasteiger partial charge in [0, 0.05) is 11.4 Å². The molecule has 0 aliphatic carbocycles. The topological polar surface area (TPSA) is 38.3 Å². The van der Waals surface area contributed by atoms with E-state index in [4.69, 9.17) is 4.74 Å². The third-order valence-electron chi connectivity index (χ3n) is 3.00. The standard InChI is InChI=1S/C16H18BrNO2S/c1-11-3-5-13(6-4-11)20-12(2)16(19)18-10-9-14-7-8-15(17)21-14/h3-8,12H,9-10H2,1-2H3,(H,18,19). The number of hydrogen-bond donors (Lipinski definition) is 1. The lowest BCUT2D eigenvalue weighted by molar-refractivity contribution is -0.127. The maximum atomic E-state index is 12.0. The van der Waals surface area contributed by atoms with E-state index in [2.05, 4.69) is 27.3 Å². The number of thiophene rings is 1. The Morgan fingerprint density at radius 2 is 2.00 bits per heavy atom. The molecule has 0 fully saturated rings. The summed E-state index contributed by atoms with van der Waals surface area (Å²) in [5.74, 6) is 0.622. The Bertz CT molecular complexity index is 595. The summed E-state index contributed by atoms with van der Waals surface area (Å²) in [6, 6.07) is 11.8. The van der Waals surface area contributed by atoms with Gasteiger partial charge in [0.2, 0.25) is 0 Å². The summed E-state index contributed by atoms with van der Waals surface area (Å²) < 4.78 is 6.73. The fraction of sp³-hybridized carbons (Fsp3) is 0.312. The number of ether oxygens (including phenoxy) is 1. The smallest absolute Gasteiger partial charge is 0.260 e. The molecule has 0 saturated heterocycles. The Kier molecular flexibility index (Phi) is 5.82. The summed E-state index contributed by atoms with van der Waals surface area (Å²) in [6.07, 6.45) is 0.335. The van der Waals surface area contributed by atoms with E-state index in [0.717, 1.165) is 10.2 Å². The van der Waals surface area contributed by atoms with Gasteiger partial charge < -0.3 is 10.1 Å². The summed E-state index contributed by atoms with van der Waals surface area (Å²) in [4.78, 5) is 13.2. The lowest BCUT2D eigenvalue weighted by Crippen LogP contribution is -2.37. The van der Waals surface area contributed by atoms with Gasteiger partial charge in [0.15, 0.2) is 6.10 Å². The van der Waals surface area contributed by atoms with Crippen molar-refractivity contribution in [1.29, 1.82) is 0 Å². The van der Waals surface area contributed by atoms with Gasteiger partial charge in [-0.25, -0.2) is 0 Å². The Hall–Kier alpha value is -1.33. The molecular formula is C16H18BrNO2S. The first kappa shape index (κ1) is 16.0. The van der Waals surface area contributed by atoms with Crippen LogP contribution in [0.2, 0.25) is 0 Å². The van der Waals surface area contributed by atoms with E-state index in [1.807, 2.05) is 37.3 Å². The molecule has 0 saturated carbocycles. The number of aryl methyl sites for hydroxylation is 1. The number of carbonyl (C=O) groups is 1. The molecule has 2 rings (SSSR count). The number of nitrogens with one attached hydrogen (secondary N) is 1. The quantitative estimate of drug-likeness (QED) is 0.839. The molecular weight excluding hydrogens is 350 g/mol. The molecule has 3 nitrogen and oxygen atoms in total. The van der Waals surface area contributed by atoms with Crippen molar-refractivity contribution in [2.24, 2.45) is 0 Å². The highest BCUT2D eigenvalue weighted by molar-refractivity contribution is 9.11. The molecule has 2 aromatic rings. The molecule has 5 heteroatoms. The van der Waals surface area contributed by atoms with Gasteiger partial charge in [-0.15, -0.1) is 11.3 Å². The summed E-state index contributed by atoms with van der Waals surface area (Å²) >= 11 is 5.12. The summed E-state index contributed by atoms with van der Waals surface area (Å²) in [6.45, 7) is 4.40. The summed E-state index contributed by atoms with van der Waals surface area (Å²) in [5.41, 5.74) is 1.17. The van der Waals surface area contributed by atoms with E-state index < -0.39 is 6.10 Å². The zero-order valence-electron chi connectivity index (χ0n) is 12.1. The zero-order chi connectivity index (χ0) is 15.2. The molecule has 112 valence electrons. The van der Waals surface area contributed by atoms with Gasteiger partial charge in [-0.3, -0.25) is 4.79 Å². The minimum absolute atomic E-state index is 0.0915. The summed E-state index contributed by atoms with van der Waals surface area (Å²) in [5, 5.41) is 2.90. The molecule has 1 aromatic heterocycles. The van der Waals surface area contributed by atoms with E-state index in [9.17, 15) is 4.79 Å². The molecule has 21 heavy (non-hydrogen) atoms. The van der Waals surface area contributed by atoms with Crippen molar-refractivity contribution in [2.75, 3.05) is 6.54 Å². The molecule has 0 aliphatic heterocycles. The van der Waals surface area contributed by atoms with Crippen LogP contribution >= 0.6 is 27.3 Å². The molecule has 1 atom stereocenters. The third kappa shape index (κ3) is 5.17. The molecule has 0 spiro atoms. The van der Waals surface area contributed by atoms with Crippen LogP contribution in [0.1, 0.15) is 17.4 Å². The minimum atomic E-state index is -0.497. The fourth-order valence-corrected chi connectivity index (χ4v) is 3.30. The van der Waals surface area contributed by atoms with Gasteiger partial charge in [-0.05, 0) is 60.5 Å². The molecule has 0 aliphatic rings. The second-order valence-electron chi connectivity index (χ2n) is 4.82. The van der Waals surface area contributed by atoms with Crippen molar-refractivity contribution in [2.45, 2.75) is 26.4 Å². The second kappa shape index (κ2) is 7.61. The van der Waals surface area contributed by atoms with Crippen molar-refractivity contribution >= 4 is 33.2 Å². The zero-order valence-corrected chi connectivity index (χ0v) is 14.5. The van der Waals surface area contributed by atoms with Crippen molar-refractivity contribution in [1.82, 2.24) is 5.32 Å². The normalized spacial score (nSPS) is 12.0. The van der Waals surface area contributed by atoms with Crippen LogP contribution < -0.4 is 10.1 Å². The lowest BCUT2D eigenvalue weighted by Gasteiger charge is -2.14. The number of halogens is 1. The molecule has 1 amide bonds. The minimum Gasteiger partial charge on any atom is -0.481 e. The molecule has 1 unspecified atom stereocenters. The Balaban J connectivity index is 1.75. The van der Waals surface area contributed by atoms with Crippen LogP contribution in [0, 0.1) is 6.92 Å². The second-order valence-corrected chi connectivity index (χ2v) is 7.37. The first-order chi connectivity index (χ1) is 10.0. The van der Waals surface area contributed by atoms with E-state index in [1.54, 1.807) is 18.3 Å². The predicted octanol–water partition coefficient (Wildman–Crippen LogP) is 3.95. The van der Waals surface area contributed by atoms with Crippen LogP contribution in [0.15, 0.2) is 40.2 Å². The Morgan fingerprint density at radius 3 is 2.62 bits per heavy atom. The Labute approximate surface area is 137 Å². The van der Waals surface area contributed by atoms with E-state index in [-0.39, 0.29) is 5.91 Å². The van der Waals surface area contributed by atoms with E-state index in [0.29, 0.717) is 12.3 Å². The highest BCUT2D eigenvalue weighted by atomic mass is 79.9. The molecule has 0 bridgehead atoms. The fourth-order valence-electron chi connectivity index (χ4n) is 1.81. The number of carbonyl (C=O) groups excluding carboxylic acids is 1. The van der Waals surface area contributed by atoms with Crippen molar-refractivity contribution in [3.63, 3.8) is 0 Å². The predicted molar refractivity (Wildman–Crippen MR) is 90.0 cm³/mol. The maximum Gasteiger partial charge on any atom is 0.260 e. The molecule has 1 aromatic carbocycles. The maximum absolute atomic E-state index is 12.0. The number of amides is 1. The van der Waals surface area contributed by atoms with Crippen molar-refractivity contribution < 1.29 is 9.53 Å². The molecule has 0 radical (unpaired) electrons. The van der Waals surface area contributed by atoms with Crippen LogP contribution in [0.5, 0.6) is 5.75 Å². The van der Waals surface area contributed by atoms with Crippen molar-refractivity contribution in [3.05, 3.63) is 50.6 Å². The van der Waals surface area contributed by atoms with E-state index >= 15 is 0 Å². The highest BCUT2D eigenvalue weighted by Gasteiger charge is 2.14. The first-order valence-electron chi connectivity index (χ1n) is 6.80. The van der Waals surface area contributed by atoms with Gasteiger partial charge >= 0.3 is 0 Å². The van der Waals surface area contributed by atoms with Gasteiger partial charge in [-0.1, -0.05) is 17.7 Å². The van der Waals surface area contributed by atoms with Crippen molar-refractivity contribution in [3.8, 4) is 5.75 Å². The third-order valence-corrected chi connectivity index (χ3v) is 4.69. The first-order valence-corrected chi connectivity index (χ1v) is 8.41. The SMILES string of the molecule is Cc1ccc(OC(C)C(=O)NCCc2ccc(Br)s2)cc1. The van der Waals surface area contributed by atoms with Gasteiger partial charge in [0.1, 0.15) is 5.75 Å². The van der Waals surface area contributed by atoms with Gasteiger partial charge in [-0.2, -0.15) is 0 Å². The largest absolute Gasteiger partial charge is 0.481 e.